The largest absolute Gasteiger partial charge is 0.391 e. The van der Waals surface area contributed by atoms with E-state index < -0.39 is 6.10 Å². The second kappa shape index (κ2) is 8.76. The maximum Gasteiger partial charge on any atom is 0.227 e. The molecule has 1 aliphatic carbocycles. The highest BCUT2D eigenvalue weighted by Gasteiger charge is 2.22. The molecule has 1 aliphatic rings. The van der Waals surface area contributed by atoms with E-state index in [0.717, 1.165) is 24.2 Å². The van der Waals surface area contributed by atoms with Crippen molar-refractivity contribution in [2.24, 2.45) is 0 Å². The summed E-state index contributed by atoms with van der Waals surface area (Å²) in [5, 5.41) is 16.8. The normalized spacial score (nSPS) is 16.0. The van der Waals surface area contributed by atoms with Crippen molar-refractivity contribution in [3.05, 3.63) is 47.6 Å². The monoisotopic (exact) mass is 343 g/mol. The number of nitrogens with one attached hydrogen (secondary N) is 1. The zero-order chi connectivity index (χ0) is 17.5. The number of benzene rings is 1. The van der Waals surface area contributed by atoms with Gasteiger partial charge in [0.25, 0.3) is 0 Å². The molecule has 1 atom stereocenters. The van der Waals surface area contributed by atoms with Gasteiger partial charge in [0.15, 0.2) is 5.82 Å². The predicted octanol–water partition coefficient (Wildman–Crippen LogP) is 2.38. The number of hydrogen-bond acceptors (Lipinski definition) is 5. The third-order valence-electron chi connectivity index (χ3n) is 4.62. The van der Waals surface area contributed by atoms with Crippen LogP contribution in [0.2, 0.25) is 0 Å². The Labute approximate surface area is 147 Å². The van der Waals surface area contributed by atoms with Gasteiger partial charge in [0.05, 0.1) is 6.10 Å². The maximum atomic E-state index is 11.9. The third kappa shape index (κ3) is 5.39. The molecule has 1 unspecified atom stereocenters. The van der Waals surface area contributed by atoms with Crippen LogP contribution < -0.4 is 5.32 Å². The molecule has 1 aromatic heterocycles. The topological polar surface area (TPSA) is 88.2 Å². The van der Waals surface area contributed by atoms with Gasteiger partial charge in [-0.05, 0) is 18.4 Å². The van der Waals surface area contributed by atoms with E-state index in [-0.39, 0.29) is 18.9 Å². The molecular formula is C19H25N3O3. The van der Waals surface area contributed by atoms with E-state index in [1.807, 2.05) is 30.3 Å². The smallest absolute Gasteiger partial charge is 0.227 e. The lowest BCUT2D eigenvalue weighted by atomic mass is 10.1. The highest BCUT2D eigenvalue weighted by atomic mass is 16.5. The Bertz CT molecular complexity index is 666. The second-order valence-corrected chi connectivity index (χ2v) is 6.68. The summed E-state index contributed by atoms with van der Waals surface area (Å²) in [6.45, 7) is 0.241. The fourth-order valence-corrected chi connectivity index (χ4v) is 3.22. The lowest BCUT2D eigenvalue weighted by Crippen LogP contribution is -2.33. The summed E-state index contributed by atoms with van der Waals surface area (Å²) < 4.78 is 5.24. The molecule has 6 heteroatoms. The summed E-state index contributed by atoms with van der Waals surface area (Å²) in [6, 6.07) is 9.73. The van der Waals surface area contributed by atoms with Gasteiger partial charge in [0.2, 0.25) is 11.8 Å². The molecule has 6 nitrogen and oxygen atoms in total. The molecule has 1 fully saturated rings. The zero-order valence-electron chi connectivity index (χ0n) is 14.4. The van der Waals surface area contributed by atoms with Crippen molar-refractivity contribution in [3.8, 4) is 0 Å². The number of amides is 1. The number of hydrogen-bond donors (Lipinski definition) is 2. The van der Waals surface area contributed by atoms with Crippen LogP contribution in [0.25, 0.3) is 0 Å². The fourth-order valence-electron chi connectivity index (χ4n) is 3.22. The van der Waals surface area contributed by atoms with Crippen LogP contribution in [0.4, 0.5) is 0 Å². The summed E-state index contributed by atoms with van der Waals surface area (Å²) in [5.74, 6) is 1.60. The summed E-state index contributed by atoms with van der Waals surface area (Å²) >= 11 is 0. The minimum Gasteiger partial charge on any atom is -0.391 e. The number of aryl methyl sites for hydroxylation is 1. The van der Waals surface area contributed by atoms with Crippen LogP contribution in [0.15, 0.2) is 34.9 Å². The van der Waals surface area contributed by atoms with Gasteiger partial charge in [-0.1, -0.05) is 48.3 Å². The van der Waals surface area contributed by atoms with Gasteiger partial charge in [0.1, 0.15) is 0 Å². The molecule has 1 heterocycles. The number of aliphatic hydroxyl groups is 1. The van der Waals surface area contributed by atoms with E-state index in [2.05, 4.69) is 15.5 Å². The molecule has 0 aliphatic heterocycles. The van der Waals surface area contributed by atoms with Crippen molar-refractivity contribution in [2.45, 2.75) is 57.0 Å². The second-order valence-electron chi connectivity index (χ2n) is 6.68. The van der Waals surface area contributed by atoms with Crippen molar-refractivity contribution in [2.75, 3.05) is 6.54 Å². The summed E-state index contributed by atoms with van der Waals surface area (Å²) in [4.78, 5) is 16.3. The molecule has 2 N–H and O–H groups in total. The van der Waals surface area contributed by atoms with E-state index in [1.54, 1.807) is 0 Å². The summed E-state index contributed by atoms with van der Waals surface area (Å²) in [5.41, 5.74) is 1.05. The van der Waals surface area contributed by atoms with E-state index in [0.29, 0.717) is 24.7 Å². The van der Waals surface area contributed by atoms with Gasteiger partial charge in [-0.15, -0.1) is 0 Å². The Hall–Kier alpha value is -2.21. The Morgan fingerprint density at radius 1 is 1.28 bits per heavy atom. The van der Waals surface area contributed by atoms with E-state index in [1.165, 1.54) is 12.8 Å². The first-order valence-electron chi connectivity index (χ1n) is 9.02. The fraction of sp³-hybridized carbons (Fsp3) is 0.526. The standard InChI is InChI=1S/C19H25N3O3/c23-16(12-14-6-2-1-3-7-14)13-20-17(24)10-11-18-21-19(22-25-18)15-8-4-5-9-15/h1-3,6-7,15-16,23H,4-5,8-13H2,(H,20,24). The van der Waals surface area contributed by atoms with Gasteiger partial charge >= 0.3 is 0 Å². The number of nitrogens with zero attached hydrogens (tertiary/aromatic N) is 2. The van der Waals surface area contributed by atoms with Crippen LogP contribution in [0.5, 0.6) is 0 Å². The van der Waals surface area contributed by atoms with Crippen LogP contribution in [0.3, 0.4) is 0 Å². The van der Waals surface area contributed by atoms with Crippen molar-refractivity contribution < 1.29 is 14.4 Å². The van der Waals surface area contributed by atoms with Gasteiger partial charge in [-0.2, -0.15) is 4.98 Å². The van der Waals surface area contributed by atoms with Gasteiger partial charge in [-0.3, -0.25) is 4.79 Å². The molecular weight excluding hydrogens is 318 g/mol. The molecule has 0 bridgehead atoms. The number of carbonyl (C=O) groups excluding carboxylic acids is 1. The number of carbonyl (C=O) groups is 1. The number of aromatic nitrogens is 2. The van der Waals surface area contributed by atoms with Crippen molar-refractivity contribution in [1.29, 1.82) is 0 Å². The predicted molar refractivity (Wildman–Crippen MR) is 93.0 cm³/mol. The van der Waals surface area contributed by atoms with E-state index in [4.69, 9.17) is 4.52 Å². The van der Waals surface area contributed by atoms with Crippen molar-refractivity contribution >= 4 is 5.91 Å². The molecule has 1 amide bonds. The van der Waals surface area contributed by atoms with Crippen LogP contribution in [0, 0.1) is 0 Å². The van der Waals surface area contributed by atoms with Crippen LogP contribution in [0.1, 0.15) is 55.3 Å². The SMILES string of the molecule is O=C(CCc1nc(C2CCCC2)no1)NCC(O)Cc1ccccc1. The maximum absolute atomic E-state index is 11.9. The first-order chi connectivity index (χ1) is 12.2. The first kappa shape index (κ1) is 17.6. The van der Waals surface area contributed by atoms with E-state index in [9.17, 15) is 9.90 Å². The average molecular weight is 343 g/mol. The quantitative estimate of drug-likeness (QED) is 0.768. The lowest BCUT2D eigenvalue weighted by Gasteiger charge is -2.11. The van der Waals surface area contributed by atoms with E-state index >= 15 is 0 Å². The molecule has 25 heavy (non-hydrogen) atoms. The molecule has 134 valence electrons. The zero-order valence-corrected chi connectivity index (χ0v) is 14.4. The minimum absolute atomic E-state index is 0.118. The Morgan fingerprint density at radius 2 is 2.04 bits per heavy atom. The highest BCUT2D eigenvalue weighted by Crippen LogP contribution is 2.32. The molecule has 0 radical (unpaired) electrons. The average Bonchev–Trinajstić information content (AvgIpc) is 3.30. The summed E-state index contributed by atoms with van der Waals surface area (Å²) in [6.07, 6.45) is 5.34. The van der Waals surface area contributed by atoms with Crippen LogP contribution in [-0.4, -0.2) is 33.8 Å². The molecule has 2 aromatic rings. The van der Waals surface area contributed by atoms with Crippen molar-refractivity contribution in [1.82, 2.24) is 15.5 Å². The molecule has 3 rings (SSSR count). The van der Waals surface area contributed by atoms with Crippen molar-refractivity contribution in [3.63, 3.8) is 0 Å². The number of aliphatic hydroxyl groups excluding tert-OH is 1. The van der Waals surface area contributed by atoms with Gasteiger partial charge in [0, 0.05) is 31.7 Å². The molecule has 0 spiro atoms. The Kier molecular flexibility index (Phi) is 6.17. The highest BCUT2D eigenvalue weighted by molar-refractivity contribution is 5.76. The Balaban J connectivity index is 1.36. The van der Waals surface area contributed by atoms with Crippen LogP contribution in [-0.2, 0) is 17.6 Å². The Morgan fingerprint density at radius 3 is 2.80 bits per heavy atom. The molecule has 1 saturated carbocycles. The lowest BCUT2D eigenvalue weighted by molar-refractivity contribution is -0.121. The molecule has 0 saturated heterocycles. The van der Waals surface area contributed by atoms with Gasteiger partial charge in [-0.25, -0.2) is 0 Å². The summed E-state index contributed by atoms with van der Waals surface area (Å²) in [7, 11) is 0. The minimum atomic E-state index is -0.594. The van der Waals surface area contributed by atoms with Gasteiger partial charge < -0.3 is 14.9 Å². The van der Waals surface area contributed by atoms with Crippen LogP contribution >= 0.6 is 0 Å². The third-order valence-corrected chi connectivity index (χ3v) is 4.62. The first-order valence-corrected chi connectivity index (χ1v) is 9.02. The molecule has 1 aromatic carbocycles. The number of rotatable bonds is 8.